The van der Waals surface area contributed by atoms with E-state index in [1.165, 1.54) is 0 Å². The fraction of sp³-hybridized carbons (Fsp3) is 0.333. The van der Waals surface area contributed by atoms with Gasteiger partial charge in [0.25, 0.3) is 0 Å². The highest BCUT2D eigenvalue weighted by atomic mass is 35.5. The number of aliphatic hydroxyl groups is 1. The van der Waals surface area contributed by atoms with Crippen molar-refractivity contribution in [1.82, 2.24) is 5.32 Å². The minimum Gasteiger partial charge on any atom is -0.419 e. The van der Waals surface area contributed by atoms with Crippen molar-refractivity contribution >= 4 is 24.3 Å². The number of nitrogens with one attached hydrogen (secondary N) is 1. The van der Waals surface area contributed by atoms with Crippen LogP contribution in [0.3, 0.4) is 0 Å². The quantitative estimate of drug-likeness (QED) is 0.263. The second-order valence-electron chi connectivity index (χ2n) is 10.1. The van der Waals surface area contributed by atoms with Crippen molar-refractivity contribution in [3.05, 3.63) is 94.5 Å². The Labute approximate surface area is 225 Å². The molecule has 2 unspecified atom stereocenters. The SMILES string of the molecule is CCC(NC(C)(C)C)C(O)c1ccc(OC(=O)c2ccc(C)cc2)c(OC(=O)c2ccc(C)cc2)c1.Cl. The van der Waals surface area contributed by atoms with Crippen LogP contribution in [0.5, 0.6) is 11.5 Å². The molecule has 0 aromatic heterocycles. The van der Waals surface area contributed by atoms with Gasteiger partial charge < -0.3 is 19.9 Å². The van der Waals surface area contributed by atoms with Gasteiger partial charge in [-0.1, -0.05) is 48.4 Å². The number of hydrogen-bond donors (Lipinski definition) is 2. The lowest BCUT2D eigenvalue weighted by Crippen LogP contribution is -2.46. The second kappa shape index (κ2) is 12.9. The Bertz CT molecular complexity index is 1200. The van der Waals surface area contributed by atoms with Crippen LogP contribution in [0.2, 0.25) is 0 Å². The highest BCUT2D eigenvalue weighted by Crippen LogP contribution is 2.33. The van der Waals surface area contributed by atoms with Gasteiger partial charge in [-0.15, -0.1) is 12.4 Å². The molecule has 2 N–H and O–H groups in total. The monoisotopic (exact) mass is 525 g/mol. The molecule has 7 heteroatoms. The van der Waals surface area contributed by atoms with E-state index in [1.807, 2.05) is 65.8 Å². The molecule has 0 amide bonds. The Kier molecular flexibility index (Phi) is 10.4. The van der Waals surface area contributed by atoms with E-state index >= 15 is 0 Å². The molecular formula is C30H36ClNO5. The van der Waals surface area contributed by atoms with E-state index in [1.54, 1.807) is 42.5 Å². The summed E-state index contributed by atoms with van der Waals surface area (Å²) < 4.78 is 11.3. The predicted octanol–water partition coefficient (Wildman–Crippen LogP) is 6.36. The van der Waals surface area contributed by atoms with E-state index in [4.69, 9.17) is 9.47 Å². The lowest BCUT2D eigenvalue weighted by atomic mass is 9.96. The van der Waals surface area contributed by atoms with Gasteiger partial charge in [-0.3, -0.25) is 0 Å². The smallest absolute Gasteiger partial charge is 0.343 e. The van der Waals surface area contributed by atoms with Crippen molar-refractivity contribution in [2.45, 2.75) is 65.6 Å². The lowest BCUT2D eigenvalue weighted by Gasteiger charge is -2.31. The molecule has 3 aromatic rings. The number of aryl methyl sites for hydroxylation is 2. The maximum Gasteiger partial charge on any atom is 0.343 e. The number of carbonyl (C=O) groups is 2. The molecule has 0 radical (unpaired) electrons. The van der Waals surface area contributed by atoms with E-state index in [-0.39, 0.29) is 35.5 Å². The van der Waals surface area contributed by atoms with Gasteiger partial charge >= 0.3 is 11.9 Å². The van der Waals surface area contributed by atoms with Gasteiger partial charge in [0, 0.05) is 11.6 Å². The zero-order valence-electron chi connectivity index (χ0n) is 22.2. The first-order valence-corrected chi connectivity index (χ1v) is 12.1. The molecule has 37 heavy (non-hydrogen) atoms. The Balaban J connectivity index is 0.00000481. The maximum atomic E-state index is 12.9. The summed E-state index contributed by atoms with van der Waals surface area (Å²) in [7, 11) is 0. The first-order valence-electron chi connectivity index (χ1n) is 12.1. The van der Waals surface area contributed by atoms with E-state index in [0.29, 0.717) is 23.1 Å². The Morgan fingerprint density at radius 1 is 0.811 bits per heavy atom. The van der Waals surface area contributed by atoms with Gasteiger partial charge in [-0.2, -0.15) is 0 Å². The summed E-state index contributed by atoms with van der Waals surface area (Å²) in [5, 5.41) is 14.5. The lowest BCUT2D eigenvalue weighted by molar-refractivity contribution is 0.0680. The molecule has 6 nitrogen and oxygen atoms in total. The first-order chi connectivity index (χ1) is 17.0. The van der Waals surface area contributed by atoms with Gasteiger partial charge in [0.1, 0.15) is 0 Å². The largest absolute Gasteiger partial charge is 0.419 e. The number of benzene rings is 3. The van der Waals surface area contributed by atoms with Crippen LogP contribution in [0.1, 0.15) is 77.6 Å². The summed E-state index contributed by atoms with van der Waals surface area (Å²) in [6.07, 6.45) is -0.186. The number of halogens is 1. The number of esters is 2. The van der Waals surface area contributed by atoms with Crippen LogP contribution in [-0.4, -0.2) is 28.6 Å². The van der Waals surface area contributed by atoms with Crippen molar-refractivity contribution in [2.24, 2.45) is 0 Å². The Morgan fingerprint density at radius 3 is 1.70 bits per heavy atom. The number of rotatable bonds is 8. The molecule has 3 rings (SSSR count). The van der Waals surface area contributed by atoms with Gasteiger partial charge in [-0.25, -0.2) is 9.59 Å². The van der Waals surface area contributed by atoms with Gasteiger partial charge in [-0.05, 0) is 83.0 Å². The molecule has 0 saturated carbocycles. The second-order valence-corrected chi connectivity index (χ2v) is 10.1. The molecule has 0 heterocycles. The van der Waals surface area contributed by atoms with E-state index in [9.17, 15) is 14.7 Å². The van der Waals surface area contributed by atoms with Crippen LogP contribution >= 0.6 is 12.4 Å². The van der Waals surface area contributed by atoms with Crippen LogP contribution in [0.15, 0.2) is 66.7 Å². The molecule has 198 valence electrons. The van der Waals surface area contributed by atoms with Crippen molar-refractivity contribution in [1.29, 1.82) is 0 Å². The summed E-state index contributed by atoms with van der Waals surface area (Å²) in [6.45, 7) is 11.9. The number of carbonyl (C=O) groups excluding carboxylic acids is 2. The van der Waals surface area contributed by atoms with Crippen LogP contribution in [0.4, 0.5) is 0 Å². The molecule has 2 atom stereocenters. The van der Waals surface area contributed by atoms with Crippen molar-refractivity contribution < 1.29 is 24.2 Å². The van der Waals surface area contributed by atoms with Crippen molar-refractivity contribution in [3.8, 4) is 11.5 Å². The fourth-order valence-electron chi connectivity index (χ4n) is 3.76. The third kappa shape index (κ3) is 8.42. The molecule has 0 spiro atoms. The first kappa shape index (κ1) is 30.0. The highest BCUT2D eigenvalue weighted by molar-refractivity contribution is 5.93. The average molecular weight is 526 g/mol. The highest BCUT2D eigenvalue weighted by Gasteiger charge is 2.26. The molecule has 0 saturated heterocycles. The average Bonchev–Trinajstić information content (AvgIpc) is 2.83. The normalized spacial score (nSPS) is 12.7. The summed E-state index contributed by atoms with van der Waals surface area (Å²) in [5.41, 5.74) is 3.12. The van der Waals surface area contributed by atoms with Gasteiger partial charge in [0.2, 0.25) is 0 Å². The number of aliphatic hydroxyl groups excluding tert-OH is 1. The van der Waals surface area contributed by atoms with Crippen molar-refractivity contribution in [2.75, 3.05) is 0 Å². The fourth-order valence-corrected chi connectivity index (χ4v) is 3.76. The topological polar surface area (TPSA) is 84.9 Å². The minimum absolute atomic E-state index is 0. The Hall–Kier alpha value is -3.19. The zero-order chi connectivity index (χ0) is 26.5. The predicted molar refractivity (Wildman–Crippen MR) is 148 cm³/mol. The molecule has 0 bridgehead atoms. The van der Waals surface area contributed by atoms with Crippen molar-refractivity contribution in [3.63, 3.8) is 0 Å². The number of ether oxygens (including phenoxy) is 2. The van der Waals surface area contributed by atoms with Crippen LogP contribution < -0.4 is 14.8 Å². The molecule has 0 fully saturated rings. The van der Waals surface area contributed by atoms with Gasteiger partial charge in [0.15, 0.2) is 11.5 Å². The summed E-state index contributed by atoms with van der Waals surface area (Å²) >= 11 is 0. The zero-order valence-corrected chi connectivity index (χ0v) is 23.0. The molecule has 0 aliphatic carbocycles. The Morgan fingerprint density at radius 2 is 1.27 bits per heavy atom. The van der Waals surface area contributed by atoms with Crippen LogP contribution in [0, 0.1) is 13.8 Å². The third-order valence-electron chi connectivity index (χ3n) is 5.73. The number of hydrogen-bond acceptors (Lipinski definition) is 6. The van der Waals surface area contributed by atoms with E-state index < -0.39 is 18.0 Å². The minimum atomic E-state index is -0.868. The molecular weight excluding hydrogens is 490 g/mol. The van der Waals surface area contributed by atoms with Gasteiger partial charge in [0.05, 0.1) is 17.2 Å². The third-order valence-corrected chi connectivity index (χ3v) is 5.73. The molecule has 0 aliphatic rings. The molecule has 0 aliphatic heterocycles. The van der Waals surface area contributed by atoms with E-state index in [2.05, 4.69) is 5.32 Å². The summed E-state index contributed by atoms with van der Waals surface area (Å²) in [6, 6.07) is 18.5. The summed E-state index contributed by atoms with van der Waals surface area (Å²) in [4.78, 5) is 25.7. The standard InChI is InChI=1S/C30H35NO5.ClH/c1-7-24(31-30(4,5)6)27(32)23-16-17-25(35-28(33)21-12-8-19(2)9-13-21)26(18-23)36-29(34)22-14-10-20(3)11-15-22;/h8-18,24,27,31-32H,7H2,1-6H3;1H. The molecule has 3 aromatic carbocycles. The van der Waals surface area contributed by atoms with Crippen LogP contribution in [-0.2, 0) is 0 Å². The van der Waals surface area contributed by atoms with Crippen LogP contribution in [0.25, 0.3) is 0 Å². The summed E-state index contributed by atoms with van der Waals surface area (Å²) in [5.74, 6) is -1.01. The maximum absolute atomic E-state index is 12.9. The van der Waals surface area contributed by atoms with E-state index in [0.717, 1.165) is 11.1 Å².